The molecule has 0 atom stereocenters. The molecule has 0 fully saturated rings. The Morgan fingerprint density at radius 3 is 0.781 bits per heavy atom. The van der Waals surface area contributed by atoms with Gasteiger partial charge in [0.15, 0.2) is 0 Å². The highest BCUT2D eigenvalue weighted by molar-refractivity contribution is 7.51. The minimum atomic E-state index is -5.78. The van der Waals surface area contributed by atoms with E-state index < -0.39 is 123 Å². The molecule has 0 N–H and O–H groups in total. The zero-order valence-electron chi connectivity index (χ0n) is 37.0. The summed E-state index contributed by atoms with van der Waals surface area (Å²) in [6.07, 6.45) is -39.4. The van der Waals surface area contributed by atoms with Crippen LogP contribution < -0.4 is 27.0 Å². The molecule has 0 aliphatic rings. The molecule has 384 valence electrons. The maximum absolute atomic E-state index is 14.3. The van der Waals surface area contributed by atoms with E-state index in [9.17, 15) is 79.0 Å². The molecule has 0 spiro atoms. The molecule has 0 nitrogen and oxygen atoms in total. The smallest absolute Gasteiger partial charge is 0.195 e. The van der Waals surface area contributed by atoms with Crippen LogP contribution in [0.2, 0.25) is 6.04 Å². The van der Waals surface area contributed by atoms with Crippen LogP contribution in [0.4, 0.5) is 79.0 Å². The van der Waals surface area contributed by atoms with Crippen molar-refractivity contribution in [1.82, 2.24) is 0 Å². The molecule has 0 radical (unpaired) electrons. The summed E-state index contributed by atoms with van der Waals surface area (Å²) in [6.45, 7) is -2.05. The highest BCUT2D eigenvalue weighted by Crippen LogP contribution is 2.40. The highest BCUT2D eigenvalue weighted by atomic mass is 35.7. The van der Waals surface area contributed by atoms with E-state index in [1.54, 1.807) is 0 Å². The summed E-state index contributed by atoms with van der Waals surface area (Å²) >= 11 is 12.7. The van der Waals surface area contributed by atoms with Crippen molar-refractivity contribution in [3.8, 4) is 0 Å². The molecular weight excluding hydrogens is 1060 g/mol. The number of rotatable bonds is 9. The molecule has 0 saturated carbocycles. The quantitative estimate of drug-likeness (QED) is 0.0444. The van der Waals surface area contributed by atoms with Gasteiger partial charge in [-0.3, -0.25) is 0 Å². The van der Waals surface area contributed by atoms with Crippen molar-refractivity contribution in [1.29, 1.82) is 0 Å². The molecule has 0 heterocycles. The first-order chi connectivity index (χ1) is 33.7. The number of hydrogen-bond donors (Lipinski definition) is 0. The van der Waals surface area contributed by atoms with Crippen LogP contribution in [-0.2, 0) is 37.1 Å². The molecular formula is C51H33BCl2F18Si. The lowest BCUT2D eigenvalue weighted by Crippen LogP contribution is -2.75. The van der Waals surface area contributed by atoms with E-state index >= 15 is 0 Å². The molecule has 7 rings (SSSR count). The van der Waals surface area contributed by atoms with Crippen LogP contribution in [-0.4, -0.2) is 12.8 Å². The maximum Gasteiger partial charge on any atom is 0.416 e. The molecule has 7 aromatic rings. The van der Waals surface area contributed by atoms with Crippen molar-refractivity contribution >= 4 is 62.0 Å². The first-order valence-corrected chi connectivity index (χ1v) is 25.5. The van der Waals surface area contributed by atoms with Crippen LogP contribution in [0.15, 0.2) is 170 Å². The molecule has 0 bridgehead atoms. The van der Waals surface area contributed by atoms with Crippen molar-refractivity contribution in [2.75, 3.05) is 0 Å². The topological polar surface area (TPSA) is 0 Å². The Bertz CT molecular complexity index is 2610. The summed E-state index contributed by atoms with van der Waals surface area (Å²) in [6, 6.07) is 32.2. The number of halogens is 20. The summed E-state index contributed by atoms with van der Waals surface area (Å²) in [5.41, 5.74) is -15.3. The van der Waals surface area contributed by atoms with Gasteiger partial charge in [-0.2, -0.15) is 101 Å². The molecule has 0 aromatic heterocycles. The normalized spacial score (nSPS) is 13.1. The van der Waals surface area contributed by atoms with E-state index in [1.807, 2.05) is 0 Å². The van der Waals surface area contributed by atoms with Gasteiger partial charge in [-0.25, -0.2) is 0 Å². The fourth-order valence-corrected chi connectivity index (χ4v) is 10.2. The zero-order chi connectivity index (χ0) is 54.2. The molecule has 0 saturated heterocycles. The van der Waals surface area contributed by atoms with Crippen molar-refractivity contribution in [2.24, 2.45) is 0 Å². The summed E-state index contributed by atoms with van der Waals surface area (Å²) in [5.74, 6) is 1.28. The van der Waals surface area contributed by atoms with Crippen LogP contribution in [0.25, 0.3) is 0 Å². The summed E-state index contributed by atoms with van der Waals surface area (Å²) in [5, 5.41) is -0.0122. The molecule has 0 unspecified atom stereocenters. The molecule has 22 heteroatoms. The van der Waals surface area contributed by atoms with Crippen LogP contribution in [0, 0.1) is 5.92 Å². The first-order valence-electron chi connectivity index (χ1n) is 21.2. The second-order valence-corrected chi connectivity index (χ2v) is 23.7. The number of hydrogen-bond acceptors (Lipinski definition) is 0. The Morgan fingerprint density at radius 2 is 0.575 bits per heavy atom. The lowest BCUT2D eigenvalue weighted by atomic mass is 9.12. The average Bonchev–Trinajstić information content (AvgIpc) is 3.31. The predicted molar refractivity (Wildman–Crippen MR) is 248 cm³/mol. The standard InChI is InChI=1S/C32H18BCl2F18Si.C19H15/c1-2-54(34,35)26-5-3-22(4-6-26)33(23-10-16(27(36,37)38)7-17(11-23)28(39,40)41,24-12-18(29(42,43)44)8-19(13-24)30(45,46)47)25-14-20(31(48,49)50)9-21(15-25)32(51,52)53;1-4-10-16(11-5-1)19(17-12-6-2-7-13-17)18-14-8-3-9-15-18/h3-15H,2H2,1H3;1-15H/q-1;+1. The summed E-state index contributed by atoms with van der Waals surface area (Å²) in [7, 11) is 0. The van der Waals surface area contributed by atoms with Crippen LogP contribution in [0.5, 0.6) is 0 Å². The lowest BCUT2D eigenvalue weighted by molar-refractivity contribution is -0.144. The number of benzene rings is 7. The van der Waals surface area contributed by atoms with E-state index in [4.69, 9.17) is 22.2 Å². The van der Waals surface area contributed by atoms with Crippen molar-refractivity contribution in [3.63, 3.8) is 0 Å². The van der Waals surface area contributed by atoms with E-state index in [0.29, 0.717) is 12.1 Å². The van der Waals surface area contributed by atoms with E-state index in [0.717, 1.165) is 12.1 Å². The van der Waals surface area contributed by atoms with Gasteiger partial charge in [-0.15, -0.1) is 22.2 Å². The highest BCUT2D eigenvalue weighted by Gasteiger charge is 2.45. The van der Waals surface area contributed by atoms with Gasteiger partial charge < -0.3 is 0 Å². The zero-order valence-corrected chi connectivity index (χ0v) is 39.5. The van der Waals surface area contributed by atoms with E-state index in [-0.39, 0.29) is 47.6 Å². The minimum Gasteiger partial charge on any atom is -0.195 e. The fourth-order valence-electron chi connectivity index (χ4n) is 8.38. The SMILES string of the molecule is CC[Si](Cl)(Cl)c1ccc([B-](c2cc(C(F)(F)F)cc(C(F)(F)F)c2)(c2cc(C(F)(F)F)cc(C(F)(F)F)c2)c2cc(C(F)(F)F)cc(C(F)(F)F)c2)cc1.c1ccc([C+](c2ccccc2)c2ccccc2)cc1. The largest absolute Gasteiger partial charge is 0.416 e. The Hall–Kier alpha value is -5.99. The van der Waals surface area contributed by atoms with Crippen LogP contribution >= 0.6 is 22.2 Å². The molecule has 0 amide bonds. The monoisotopic (exact) mass is 1100 g/mol. The second kappa shape index (κ2) is 20.7. The van der Waals surface area contributed by atoms with Gasteiger partial charge in [0.1, 0.15) is 6.15 Å². The molecule has 73 heavy (non-hydrogen) atoms. The third-order valence-electron chi connectivity index (χ3n) is 11.8. The van der Waals surface area contributed by atoms with E-state index in [2.05, 4.69) is 91.0 Å². The fraction of sp³-hybridized carbons (Fsp3) is 0.157. The van der Waals surface area contributed by atoms with Gasteiger partial charge in [0, 0.05) is 0 Å². The first kappa shape index (κ1) is 56.3. The Kier molecular flexibility index (Phi) is 16.0. The molecule has 7 aromatic carbocycles. The molecule has 0 aliphatic heterocycles. The number of alkyl halides is 18. The summed E-state index contributed by atoms with van der Waals surface area (Å²) < 4.78 is 257. The summed E-state index contributed by atoms with van der Waals surface area (Å²) in [4.78, 5) is 0. The minimum absolute atomic E-state index is 0.0122. The van der Waals surface area contributed by atoms with Gasteiger partial charge >= 0.3 is 37.1 Å². The predicted octanol–water partition coefficient (Wildman–Crippen LogP) is 15.0. The average molecular weight is 1100 g/mol. The maximum atomic E-state index is 14.3. The van der Waals surface area contributed by atoms with Crippen molar-refractivity contribution in [2.45, 2.75) is 50.0 Å². The van der Waals surface area contributed by atoms with Gasteiger partial charge in [0.2, 0.25) is 0 Å². The van der Waals surface area contributed by atoms with Crippen molar-refractivity contribution < 1.29 is 79.0 Å². The van der Waals surface area contributed by atoms with Crippen LogP contribution in [0.3, 0.4) is 0 Å². The van der Waals surface area contributed by atoms with Crippen LogP contribution in [0.1, 0.15) is 57.0 Å². The third-order valence-corrected chi connectivity index (χ3v) is 16.8. The third kappa shape index (κ3) is 12.9. The Labute approximate surface area is 415 Å². The Balaban J connectivity index is 0.000000378. The van der Waals surface area contributed by atoms with E-state index in [1.165, 1.54) is 29.5 Å². The Morgan fingerprint density at radius 1 is 0.342 bits per heavy atom. The van der Waals surface area contributed by atoms with Gasteiger partial charge in [-0.05, 0) is 102 Å². The molecule has 0 aliphatic carbocycles. The van der Waals surface area contributed by atoms with Crippen molar-refractivity contribution in [3.05, 3.63) is 226 Å². The van der Waals surface area contributed by atoms with Gasteiger partial charge in [-0.1, -0.05) is 85.8 Å². The second-order valence-electron chi connectivity index (χ2n) is 16.5. The van der Waals surface area contributed by atoms with Gasteiger partial charge in [0.05, 0.1) is 56.0 Å². The lowest BCUT2D eigenvalue weighted by Gasteiger charge is -2.46. The van der Waals surface area contributed by atoms with Gasteiger partial charge in [0.25, 0.3) is 6.69 Å².